The van der Waals surface area contributed by atoms with Gasteiger partial charge in [-0.3, -0.25) is 4.90 Å². The third kappa shape index (κ3) is 3.54. The summed E-state index contributed by atoms with van der Waals surface area (Å²) in [6.07, 6.45) is 2.69. The standard InChI is InChI=1S/C14H25N3S/c1-3-17-8-4-6-12(17)10-16(2)11-13(15)14-7-5-9-18-14/h5,7,9,12-13H,3-4,6,8,10-11,15H2,1-2H3. The molecule has 1 aromatic heterocycles. The van der Waals surface area contributed by atoms with E-state index in [1.165, 1.54) is 30.8 Å². The molecule has 4 heteroatoms. The molecule has 2 atom stereocenters. The second-order valence-electron chi connectivity index (χ2n) is 5.27. The van der Waals surface area contributed by atoms with Crippen LogP contribution in [0.2, 0.25) is 0 Å². The lowest BCUT2D eigenvalue weighted by Gasteiger charge is -2.29. The van der Waals surface area contributed by atoms with Gasteiger partial charge in [-0.25, -0.2) is 0 Å². The van der Waals surface area contributed by atoms with Crippen LogP contribution >= 0.6 is 11.3 Å². The number of nitrogens with two attached hydrogens (primary N) is 1. The number of hydrogen-bond donors (Lipinski definition) is 1. The number of hydrogen-bond acceptors (Lipinski definition) is 4. The van der Waals surface area contributed by atoms with Gasteiger partial charge in [0.25, 0.3) is 0 Å². The smallest absolute Gasteiger partial charge is 0.0518 e. The summed E-state index contributed by atoms with van der Waals surface area (Å²) in [5.41, 5.74) is 6.24. The molecule has 0 aliphatic carbocycles. The Morgan fingerprint density at radius 1 is 1.61 bits per heavy atom. The van der Waals surface area contributed by atoms with Crippen molar-refractivity contribution in [3.63, 3.8) is 0 Å². The van der Waals surface area contributed by atoms with Gasteiger partial charge in [-0.05, 0) is 44.4 Å². The minimum Gasteiger partial charge on any atom is -0.322 e. The summed E-state index contributed by atoms with van der Waals surface area (Å²) in [5, 5.41) is 2.10. The van der Waals surface area contributed by atoms with Gasteiger partial charge in [-0.1, -0.05) is 13.0 Å². The summed E-state index contributed by atoms with van der Waals surface area (Å²) in [6, 6.07) is 5.11. The number of thiophene rings is 1. The van der Waals surface area contributed by atoms with Crippen LogP contribution in [0.5, 0.6) is 0 Å². The molecule has 3 nitrogen and oxygen atoms in total. The molecule has 0 bridgehead atoms. The van der Waals surface area contributed by atoms with Crippen molar-refractivity contribution in [2.24, 2.45) is 5.73 Å². The van der Waals surface area contributed by atoms with Gasteiger partial charge in [-0.2, -0.15) is 0 Å². The highest BCUT2D eigenvalue weighted by Gasteiger charge is 2.24. The van der Waals surface area contributed by atoms with Gasteiger partial charge in [0.2, 0.25) is 0 Å². The van der Waals surface area contributed by atoms with Gasteiger partial charge < -0.3 is 10.6 Å². The molecular weight excluding hydrogens is 242 g/mol. The Morgan fingerprint density at radius 2 is 2.44 bits per heavy atom. The van der Waals surface area contributed by atoms with Crippen molar-refractivity contribution < 1.29 is 0 Å². The highest BCUT2D eigenvalue weighted by atomic mass is 32.1. The first-order valence-electron chi connectivity index (χ1n) is 6.92. The summed E-state index contributed by atoms with van der Waals surface area (Å²) >= 11 is 1.76. The SMILES string of the molecule is CCN1CCCC1CN(C)CC(N)c1cccs1. The van der Waals surface area contributed by atoms with Crippen LogP contribution in [0.25, 0.3) is 0 Å². The Bertz CT molecular complexity index is 339. The first-order valence-corrected chi connectivity index (χ1v) is 7.80. The van der Waals surface area contributed by atoms with Gasteiger partial charge in [0.05, 0.1) is 6.04 Å². The molecule has 1 aromatic rings. The fourth-order valence-corrected chi connectivity index (χ4v) is 3.60. The monoisotopic (exact) mass is 267 g/mol. The molecule has 0 amide bonds. The molecule has 1 aliphatic heterocycles. The zero-order valence-corrected chi connectivity index (χ0v) is 12.3. The zero-order chi connectivity index (χ0) is 13.0. The Morgan fingerprint density at radius 3 is 3.11 bits per heavy atom. The van der Waals surface area contributed by atoms with Crippen molar-refractivity contribution in [1.82, 2.24) is 9.80 Å². The lowest BCUT2D eigenvalue weighted by Crippen LogP contribution is -2.40. The second-order valence-corrected chi connectivity index (χ2v) is 6.25. The van der Waals surface area contributed by atoms with Crippen LogP contribution in [-0.4, -0.2) is 49.1 Å². The maximum Gasteiger partial charge on any atom is 0.0518 e. The molecule has 102 valence electrons. The van der Waals surface area contributed by atoms with Gasteiger partial charge in [0.1, 0.15) is 0 Å². The van der Waals surface area contributed by atoms with Crippen molar-refractivity contribution in [2.75, 3.05) is 33.2 Å². The van der Waals surface area contributed by atoms with E-state index < -0.39 is 0 Å². The van der Waals surface area contributed by atoms with E-state index >= 15 is 0 Å². The predicted octanol–water partition coefficient (Wildman–Crippen LogP) is 2.16. The van der Waals surface area contributed by atoms with Crippen LogP contribution in [-0.2, 0) is 0 Å². The third-order valence-corrected chi connectivity index (χ3v) is 4.85. The lowest BCUT2D eigenvalue weighted by atomic mass is 10.2. The largest absolute Gasteiger partial charge is 0.322 e. The van der Waals surface area contributed by atoms with E-state index in [1.807, 2.05) is 0 Å². The van der Waals surface area contributed by atoms with Crippen molar-refractivity contribution in [1.29, 1.82) is 0 Å². The summed E-state index contributed by atoms with van der Waals surface area (Å²) in [5.74, 6) is 0. The Hall–Kier alpha value is -0.420. The molecule has 0 radical (unpaired) electrons. The molecule has 2 N–H and O–H groups in total. The van der Waals surface area contributed by atoms with E-state index in [4.69, 9.17) is 5.73 Å². The summed E-state index contributed by atoms with van der Waals surface area (Å²) in [7, 11) is 2.19. The Kier molecular flexibility index (Phi) is 5.18. The van der Waals surface area contributed by atoms with Crippen LogP contribution in [0, 0.1) is 0 Å². The van der Waals surface area contributed by atoms with Crippen LogP contribution < -0.4 is 5.73 Å². The molecular formula is C14H25N3S. The van der Waals surface area contributed by atoms with Crippen molar-refractivity contribution in [2.45, 2.75) is 31.8 Å². The van der Waals surface area contributed by atoms with E-state index in [9.17, 15) is 0 Å². The number of rotatable bonds is 6. The highest BCUT2D eigenvalue weighted by molar-refractivity contribution is 7.10. The highest BCUT2D eigenvalue weighted by Crippen LogP contribution is 2.20. The fourth-order valence-electron chi connectivity index (χ4n) is 2.88. The fraction of sp³-hybridized carbons (Fsp3) is 0.714. The molecule has 1 saturated heterocycles. The number of likely N-dealkylation sites (N-methyl/N-ethyl adjacent to an activating group) is 2. The summed E-state index contributed by atoms with van der Waals surface area (Å²) < 4.78 is 0. The molecule has 0 spiro atoms. The minimum absolute atomic E-state index is 0.159. The summed E-state index contributed by atoms with van der Waals surface area (Å²) in [6.45, 7) is 6.80. The normalized spacial score (nSPS) is 22.8. The molecule has 0 aromatic carbocycles. The van der Waals surface area contributed by atoms with Crippen molar-refractivity contribution >= 4 is 11.3 Å². The topological polar surface area (TPSA) is 32.5 Å². The number of likely N-dealkylation sites (tertiary alicyclic amines) is 1. The zero-order valence-electron chi connectivity index (χ0n) is 11.5. The molecule has 2 rings (SSSR count). The van der Waals surface area contributed by atoms with E-state index in [0.717, 1.165) is 19.1 Å². The maximum absolute atomic E-state index is 6.24. The van der Waals surface area contributed by atoms with E-state index in [1.54, 1.807) is 11.3 Å². The first-order chi connectivity index (χ1) is 8.70. The Balaban J connectivity index is 1.79. The van der Waals surface area contributed by atoms with Crippen LogP contribution in [0.3, 0.4) is 0 Å². The predicted molar refractivity (Wildman–Crippen MR) is 79.0 cm³/mol. The van der Waals surface area contributed by atoms with Crippen molar-refractivity contribution in [3.8, 4) is 0 Å². The average Bonchev–Trinajstić information content (AvgIpc) is 2.98. The van der Waals surface area contributed by atoms with Gasteiger partial charge >= 0.3 is 0 Å². The van der Waals surface area contributed by atoms with E-state index in [2.05, 4.69) is 41.3 Å². The van der Waals surface area contributed by atoms with Crippen LogP contribution in [0.4, 0.5) is 0 Å². The third-order valence-electron chi connectivity index (χ3n) is 3.84. The molecule has 2 unspecified atom stereocenters. The van der Waals surface area contributed by atoms with E-state index in [-0.39, 0.29) is 6.04 Å². The van der Waals surface area contributed by atoms with Crippen molar-refractivity contribution in [3.05, 3.63) is 22.4 Å². The Labute approximate surface area is 115 Å². The minimum atomic E-state index is 0.159. The molecule has 18 heavy (non-hydrogen) atoms. The summed E-state index contributed by atoms with van der Waals surface area (Å²) in [4.78, 5) is 6.27. The molecule has 2 heterocycles. The molecule has 1 fully saturated rings. The molecule has 1 aliphatic rings. The van der Waals surface area contributed by atoms with Gasteiger partial charge in [0.15, 0.2) is 0 Å². The quantitative estimate of drug-likeness (QED) is 0.857. The van der Waals surface area contributed by atoms with Gasteiger partial charge in [0, 0.05) is 24.0 Å². The van der Waals surface area contributed by atoms with Crippen LogP contribution in [0.1, 0.15) is 30.7 Å². The maximum atomic E-state index is 6.24. The van der Waals surface area contributed by atoms with Gasteiger partial charge in [-0.15, -0.1) is 11.3 Å². The second kappa shape index (κ2) is 6.66. The average molecular weight is 267 g/mol. The van der Waals surface area contributed by atoms with E-state index in [0.29, 0.717) is 0 Å². The lowest BCUT2D eigenvalue weighted by molar-refractivity contribution is 0.193. The number of nitrogens with zero attached hydrogens (tertiary/aromatic N) is 2. The molecule has 0 saturated carbocycles. The van der Waals surface area contributed by atoms with Crippen LogP contribution in [0.15, 0.2) is 17.5 Å². The first kappa shape index (κ1) is 14.0.